The number of nitrogens with one attached hydrogen (secondary N) is 2. The van der Waals surface area contributed by atoms with Crippen molar-refractivity contribution in [2.75, 3.05) is 13.2 Å². The number of amides is 1. The molecule has 5 nitrogen and oxygen atoms in total. The summed E-state index contributed by atoms with van der Waals surface area (Å²) >= 11 is 0. The van der Waals surface area contributed by atoms with Gasteiger partial charge in [-0.2, -0.15) is 0 Å². The van der Waals surface area contributed by atoms with Gasteiger partial charge >= 0.3 is 0 Å². The molecule has 0 aromatic carbocycles. The van der Waals surface area contributed by atoms with E-state index in [1.165, 1.54) is 0 Å². The van der Waals surface area contributed by atoms with E-state index >= 15 is 0 Å². The van der Waals surface area contributed by atoms with E-state index in [9.17, 15) is 9.90 Å². The Morgan fingerprint density at radius 2 is 2.06 bits per heavy atom. The molecule has 1 aromatic heterocycles. The third-order valence-electron chi connectivity index (χ3n) is 4.25. The maximum absolute atomic E-state index is 11.9. The summed E-state index contributed by atoms with van der Waals surface area (Å²) in [6.45, 7) is 0.824. The number of carbonyl (C=O) groups is 1. The Kier molecular flexibility index (Phi) is 2.86. The molecule has 0 unspecified atom stereocenters. The van der Waals surface area contributed by atoms with E-state index in [1.54, 1.807) is 0 Å². The predicted molar refractivity (Wildman–Crippen MR) is 66.5 cm³/mol. The van der Waals surface area contributed by atoms with E-state index in [4.69, 9.17) is 0 Å². The van der Waals surface area contributed by atoms with Crippen LogP contribution in [0.5, 0.6) is 0 Å². The van der Waals surface area contributed by atoms with E-state index in [-0.39, 0.29) is 17.9 Å². The topological polar surface area (TPSA) is 78.0 Å². The van der Waals surface area contributed by atoms with Crippen molar-refractivity contribution in [2.24, 2.45) is 0 Å². The van der Waals surface area contributed by atoms with Crippen molar-refractivity contribution in [3.63, 3.8) is 0 Å². The molecule has 0 spiro atoms. The average Bonchev–Trinajstić information content (AvgIpc) is 2.99. The lowest BCUT2D eigenvalue weighted by molar-refractivity contribution is 0.0951. The van der Waals surface area contributed by atoms with Crippen molar-refractivity contribution in [2.45, 2.75) is 43.9 Å². The molecule has 0 radical (unpaired) electrons. The molecule has 1 aliphatic carbocycles. The molecule has 0 saturated heterocycles. The Hall–Kier alpha value is -1.36. The van der Waals surface area contributed by atoms with Crippen LogP contribution >= 0.6 is 0 Å². The second-order valence-electron chi connectivity index (χ2n) is 5.42. The highest BCUT2D eigenvalue weighted by molar-refractivity contribution is 5.93. The van der Waals surface area contributed by atoms with Gasteiger partial charge in [0.15, 0.2) is 0 Å². The second kappa shape index (κ2) is 4.39. The van der Waals surface area contributed by atoms with Gasteiger partial charge in [0.2, 0.25) is 0 Å². The third kappa shape index (κ3) is 1.73. The molecule has 0 bridgehead atoms. The summed E-state index contributed by atoms with van der Waals surface area (Å²) in [6.07, 6.45) is 5.94. The number of aromatic nitrogens is 2. The highest BCUT2D eigenvalue weighted by atomic mass is 16.3. The van der Waals surface area contributed by atoms with Crippen LogP contribution in [0.4, 0.5) is 0 Å². The zero-order valence-corrected chi connectivity index (χ0v) is 10.5. The smallest absolute Gasteiger partial charge is 0.271 e. The van der Waals surface area contributed by atoms with Gasteiger partial charge in [-0.15, -0.1) is 0 Å². The summed E-state index contributed by atoms with van der Waals surface area (Å²) in [5, 5.41) is 12.5. The maximum Gasteiger partial charge on any atom is 0.271 e. The van der Waals surface area contributed by atoms with Gasteiger partial charge in [-0.1, -0.05) is 12.8 Å². The fraction of sp³-hybridized carbons (Fsp3) is 0.692. The monoisotopic (exact) mass is 249 g/mol. The minimum Gasteiger partial charge on any atom is -0.395 e. The molecule has 1 fully saturated rings. The molecule has 1 aromatic rings. The van der Waals surface area contributed by atoms with E-state index in [0.717, 1.165) is 50.0 Å². The largest absolute Gasteiger partial charge is 0.395 e. The molecule has 1 amide bonds. The molecular formula is C13H19N3O2. The Balaban J connectivity index is 1.99. The first-order chi connectivity index (χ1) is 8.75. The Morgan fingerprint density at radius 1 is 1.28 bits per heavy atom. The molecular weight excluding hydrogens is 230 g/mol. The number of carbonyl (C=O) groups excluding carboxylic acids is 1. The molecule has 18 heavy (non-hydrogen) atoms. The van der Waals surface area contributed by atoms with Crippen LogP contribution in [0.1, 0.15) is 54.1 Å². The summed E-state index contributed by atoms with van der Waals surface area (Å²) in [5.74, 6) is 0.723. The van der Waals surface area contributed by atoms with Crippen molar-refractivity contribution >= 4 is 5.91 Å². The van der Waals surface area contributed by atoms with Gasteiger partial charge in [-0.05, 0) is 25.7 Å². The van der Waals surface area contributed by atoms with Crippen LogP contribution in [0.15, 0.2) is 0 Å². The lowest BCUT2D eigenvalue weighted by Crippen LogP contribution is -2.29. The predicted octanol–water partition coefficient (Wildman–Crippen LogP) is 0.890. The first-order valence-corrected chi connectivity index (χ1v) is 6.74. The number of hydrogen-bond acceptors (Lipinski definition) is 3. The second-order valence-corrected chi connectivity index (χ2v) is 5.42. The zero-order chi connectivity index (χ0) is 12.6. The maximum atomic E-state index is 11.9. The van der Waals surface area contributed by atoms with Crippen LogP contribution in [-0.4, -0.2) is 34.1 Å². The van der Waals surface area contributed by atoms with Gasteiger partial charge in [0.05, 0.1) is 12.0 Å². The molecule has 98 valence electrons. The summed E-state index contributed by atoms with van der Waals surface area (Å²) in [5.41, 5.74) is 1.22. The van der Waals surface area contributed by atoms with Crippen molar-refractivity contribution in [1.82, 2.24) is 15.3 Å². The summed E-state index contributed by atoms with van der Waals surface area (Å²) in [4.78, 5) is 19.7. The van der Waals surface area contributed by atoms with Crippen molar-refractivity contribution < 1.29 is 9.90 Å². The molecule has 3 rings (SSSR count). The minimum absolute atomic E-state index is 0.0870. The minimum atomic E-state index is -0.244. The van der Waals surface area contributed by atoms with Crippen LogP contribution in [0, 0.1) is 0 Å². The SMILES string of the molecule is O=C1NCCCc2[nH]c(C3(CO)CCCC3)nc21. The molecule has 2 heterocycles. The molecule has 2 aliphatic rings. The number of rotatable bonds is 2. The first kappa shape index (κ1) is 11.7. The third-order valence-corrected chi connectivity index (χ3v) is 4.25. The van der Waals surface area contributed by atoms with Crippen LogP contribution < -0.4 is 5.32 Å². The summed E-state index contributed by atoms with van der Waals surface area (Å²) in [6, 6.07) is 0. The van der Waals surface area contributed by atoms with E-state index in [1.807, 2.05) is 0 Å². The normalized spacial score (nSPS) is 22.4. The first-order valence-electron chi connectivity index (χ1n) is 6.74. The lowest BCUT2D eigenvalue weighted by Gasteiger charge is -2.23. The summed E-state index contributed by atoms with van der Waals surface area (Å²) in [7, 11) is 0. The van der Waals surface area contributed by atoms with Crippen LogP contribution in [0.2, 0.25) is 0 Å². The number of hydrogen-bond donors (Lipinski definition) is 3. The van der Waals surface area contributed by atoms with Gasteiger partial charge in [0.1, 0.15) is 11.5 Å². The van der Waals surface area contributed by atoms with Crippen molar-refractivity contribution in [3.05, 3.63) is 17.2 Å². The Morgan fingerprint density at radius 3 is 2.78 bits per heavy atom. The lowest BCUT2D eigenvalue weighted by atomic mass is 9.86. The van der Waals surface area contributed by atoms with Crippen LogP contribution in [-0.2, 0) is 11.8 Å². The number of aliphatic hydroxyl groups excluding tert-OH is 1. The van der Waals surface area contributed by atoms with Gasteiger partial charge in [-0.3, -0.25) is 4.79 Å². The molecule has 1 aliphatic heterocycles. The van der Waals surface area contributed by atoms with Crippen LogP contribution in [0.25, 0.3) is 0 Å². The fourth-order valence-electron chi connectivity index (χ4n) is 3.10. The molecule has 0 atom stereocenters. The molecule has 3 N–H and O–H groups in total. The standard InChI is InChI=1S/C13H19N3O2/c17-8-13(5-1-2-6-13)12-15-9-4-3-7-14-11(18)10(9)16-12/h17H,1-8H2,(H,14,18)(H,15,16). The molecule has 5 heteroatoms. The highest BCUT2D eigenvalue weighted by Crippen LogP contribution is 2.39. The number of nitrogens with zero attached hydrogens (tertiary/aromatic N) is 1. The molecule has 1 saturated carbocycles. The van der Waals surface area contributed by atoms with Gasteiger partial charge < -0.3 is 15.4 Å². The zero-order valence-electron chi connectivity index (χ0n) is 10.5. The quantitative estimate of drug-likeness (QED) is 0.728. The number of imidazole rings is 1. The van der Waals surface area contributed by atoms with Crippen molar-refractivity contribution in [3.8, 4) is 0 Å². The number of aromatic amines is 1. The number of H-pyrrole nitrogens is 1. The van der Waals surface area contributed by atoms with E-state index < -0.39 is 0 Å². The number of fused-ring (bicyclic) bond motifs is 1. The van der Waals surface area contributed by atoms with Crippen molar-refractivity contribution in [1.29, 1.82) is 0 Å². The van der Waals surface area contributed by atoms with E-state index in [2.05, 4.69) is 15.3 Å². The average molecular weight is 249 g/mol. The van der Waals surface area contributed by atoms with Crippen LogP contribution in [0.3, 0.4) is 0 Å². The van der Waals surface area contributed by atoms with E-state index in [0.29, 0.717) is 12.2 Å². The fourth-order valence-corrected chi connectivity index (χ4v) is 3.10. The number of aliphatic hydroxyl groups is 1. The van der Waals surface area contributed by atoms with Gasteiger partial charge in [0.25, 0.3) is 5.91 Å². The highest BCUT2D eigenvalue weighted by Gasteiger charge is 2.39. The Labute approximate surface area is 106 Å². The number of aryl methyl sites for hydroxylation is 1. The van der Waals surface area contributed by atoms with Gasteiger partial charge in [0, 0.05) is 12.2 Å². The Bertz CT molecular complexity index is 461. The van der Waals surface area contributed by atoms with Gasteiger partial charge in [-0.25, -0.2) is 4.98 Å². The summed E-state index contributed by atoms with van der Waals surface area (Å²) < 4.78 is 0.